The summed E-state index contributed by atoms with van der Waals surface area (Å²) in [6.07, 6.45) is 4.30. The van der Waals surface area contributed by atoms with Crippen molar-refractivity contribution in [3.63, 3.8) is 0 Å². The first-order valence-corrected chi connectivity index (χ1v) is 10.8. The number of aryl methyl sites for hydroxylation is 2. The number of carbonyl (C=O) groups excluding carboxylic acids is 2. The maximum Gasteiger partial charge on any atom is 0.229 e. The van der Waals surface area contributed by atoms with E-state index in [0.29, 0.717) is 45.5 Å². The molecule has 0 atom stereocenters. The SMILES string of the molecule is COCCCNC(=O)CCCN1C(=O)CCn2nc(-c3cn(C)c4ccccc34)cc21. The lowest BCUT2D eigenvalue weighted by Crippen LogP contribution is -2.38. The van der Waals surface area contributed by atoms with Crippen molar-refractivity contribution in [2.45, 2.75) is 32.2 Å². The quantitative estimate of drug-likeness (QED) is 0.537. The van der Waals surface area contributed by atoms with Crippen molar-refractivity contribution in [3.8, 4) is 11.3 Å². The van der Waals surface area contributed by atoms with Gasteiger partial charge in [-0.2, -0.15) is 5.10 Å². The van der Waals surface area contributed by atoms with Gasteiger partial charge in [-0.05, 0) is 18.9 Å². The van der Waals surface area contributed by atoms with Crippen molar-refractivity contribution in [2.75, 3.05) is 31.7 Å². The lowest BCUT2D eigenvalue weighted by Gasteiger charge is -2.27. The molecule has 0 spiro atoms. The molecule has 0 bridgehead atoms. The number of nitrogens with zero attached hydrogens (tertiary/aromatic N) is 4. The second-order valence-corrected chi connectivity index (χ2v) is 7.88. The summed E-state index contributed by atoms with van der Waals surface area (Å²) in [6.45, 7) is 2.32. The van der Waals surface area contributed by atoms with Crippen molar-refractivity contribution in [1.82, 2.24) is 19.7 Å². The number of nitrogens with one attached hydrogen (secondary N) is 1. The number of hydrogen-bond acceptors (Lipinski definition) is 4. The zero-order valence-corrected chi connectivity index (χ0v) is 18.1. The van der Waals surface area contributed by atoms with Crippen molar-refractivity contribution >= 4 is 28.5 Å². The van der Waals surface area contributed by atoms with Crippen LogP contribution in [-0.2, 0) is 27.9 Å². The first kappa shape index (κ1) is 21.1. The van der Waals surface area contributed by atoms with Gasteiger partial charge in [-0.3, -0.25) is 14.5 Å². The van der Waals surface area contributed by atoms with Gasteiger partial charge in [-0.1, -0.05) is 18.2 Å². The summed E-state index contributed by atoms with van der Waals surface area (Å²) in [4.78, 5) is 26.4. The van der Waals surface area contributed by atoms with Crippen molar-refractivity contribution in [3.05, 3.63) is 36.5 Å². The molecule has 1 aliphatic rings. The number of carbonyl (C=O) groups is 2. The van der Waals surface area contributed by atoms with E-state index in [-0.39, 0.29) is 11.8 Å². The van der Waals surface area contributed by atoms with E-state index in [0.717, 1.165) is 34.4 Å². The van der Waals surface area contributed by atoms with Crippen LogP contribution in [0.5, 0.6) is 0 Å². The predicted molar refractivity (Wildman–Crippen MR) is 120 cm³/mol. The monoisotopic (exact) mass is 423 g/mol. The third-order valence-electron chi connectivity index (χ3n) is 5.68. The molecular formula is C23H29N5O3. The number of anilines is 1. The average molecular weight is 424 g/mol. The standard InChI is InChI=1S/C23H29N5O3/c1-26-16-18(17-7-3-4-8-20(17)26)19-15-22-27(23(30)10-13-28(22)25-19)12-5-9-21(29)24-11-6-14-31-2/h3-4,7-8,15-16H,5-6,9-14H2,1-2H3,(H,24,29). The van der Waals surface area contributed by atoms with Crippen LogP contribution in [0.25, 0.3) is 22.2 Å². The summed E-state index contributed by atoms with van der Waals surface area (Å²) in [6, 6.07) is 10.2. The molecule has 0 unspecified atom stereocenters. The minimum Gasteiger partial charge on any atom is -0.385 e. The summed E-state index contributed by atoms with van der Waals surface area (Å²) in [5, 5.41) is 8.82. The van der Waals surface area contributed by atoms with Gasteiger partial charge in [0.05, 0.1) is 12.2 Å². The molecule has 8 nitrogen and oxygen atoms in total. The molecule has 0 fully saturated rings. The van der Waals surface area contributed by atoms with Gasteiger partial charge < -0.3 is 14.6 Å². The zero-order valence-electron chi connectivity index (χ0n) is 18.1. The fourth-order valence-electron chi connectivity index (χ4n) is 4.10. The van der Waals surface area contributed by atoms with Gasteiger partial charge in [0.1, 0.15) is 5.82 Å². The molecule has 31 heavy (non-hydrogen) atoms. The Hall–Kier alpha value is -3.13. The van der Waals surface area contributed by atoms with E-state index in [9.17, 15) is 9.59 Å². The molecule has 0 saturated carbocycles. The summed E-state index contributed by atoms with van der Waals surface area (Å²) >= 11 is 0. The van der Waals surface area contributed by atoms with Gasteiger partial charge in [0, 0.05) is 75.4 Å². The van der Waals surface area contributed by atoms with Crippen LogP contribution in [0.4, 0.5) is 5.82 Å². The van der Waals surface area contributed by atoms with Crippen LogP contribution in [0.1, 0.15) is 25.7 Å². The molecule has 0 radical (unpaired) electrons. The highest BCUT2D eigenvalue weighted by Gasteiger charge is 2.27. The molecule has 1 N–H and O–H groups in total. The third-order valence-corrected chi connectivity index (χ3v) is 5.68. The molecule has 3 aromatic rings. The lowest BCUT2D eigenvalue weighted by atomic mass is 10.1. The second-order valence-electron chi connectivity index (χ2n) is 7.88. The summed E-state index contributed by atoms with van der Waals surface area (Å²) < 4.78 is 8.98. The van der Waals surface area contributed by atoms with Crippen molar-refractivity contribution in [2.24, 2.45) is 7.05 Å². The summed E-state index contributed by atoms with van der Waals surface area (Å²) in [5.41, 5.74) is 3.07. The molecule has 1 aromatic carbocycles. The third kappa shape index (κ3) is 4.49. The number of ether oxygens (including phenoxy) is 1. The second kappa shape index (κ2) is 9.34. The van der Waals surface area contributed by atoms with Crippen LogP contribution in [0.2, 0.25) is 0 Å². The molecular weight excluding hydrogens is 394 g/mol. The largest absolute Gasteiger partial charge is 0.385 e. The fraction of sp³-hybridized carbons (Fsp3) is 0.435. The molecule has 4 rings (SSSR count). The Balaban J connectivity index is 1.46. The fourth-order valence-corrected chi connectivity index (χ4v) is 4.10. The van der Waals surface area contributed by atoms with E-state index in [1.54, 1.807) is 12.0 Å². The minimum atomic E-state index is 0.00511. The Labute approximate surface area is 181 Å². The number of aromatic nitrogens is 3. The molecule has 0 aliphatic carbocycles. The molecule has 1 aliphatic heterocycles. The number of benzene rings is 1. The maximum atomic E-state index is 12.6. The minimum absolute atomic E-state index is 0.00511. The Bertz CT molecular complexity index is 1080. The number of fused-ring (bicyclic) bond motifs is 2. The Morgan fingerprint density at radius 2 is 2.10 bits per heavy atom. The van der Waals surface area contributed by atoms with Gasteiger partial charge in [-0.15, -0.1) is 0 Å². The predicted octanol–water partition coefficient (Wildman–Crippen LogP) is 2.71. The van der Waals surface area contributed by atoms with Gasteiger partial charge in [-0.25, -0.2) is 4.68 Å². The number of hydrogen-bond donors (Lipinski definition) is 1. The number of rotatable bonds is 9. The molecule has 3 heterocycles. The van der Waals surface area contributed by atoms with Gasteiger partial charge in [0.2, 0.25) is 11.8 Å². The van der Waals surface area contributed by atoms with E-state index in [2.05, 4.69) is 28.2 Å². The Kier molecular flexibility index (Phi) is 6.36. The maximum absolute atomic E-state index is 12.6. The number of para-hydroxylation sites is 1. The number of methoxy groups -OCH3 is 1. The Morgan fingerprint density at radius 1 is 1.26 bits per heavy atom. The molecule has 0 saturated heterocycles. The summed E-state index contributed by atoms with van der Waals surface area (Å²) in [5.74, 6) is 0.891. The van der Waals surface area contributed by atoms with E-state index in [1.165, 1.54) is 0 Å². The average Bonchev–Trinajstić information content (AvgIpc) is 3.34. The zero-order chi connectivity index (χ0) is 21.8. The van der Waals surface area contributed by atoms with E-state index in [1.807, 2.05) is 29.9 Å². The van der Waals surface area contributed by atoms with Crippen LogP contribution >= 0.6 is 0 Å². The van der Waals surface area contributed by atoms with Gasteiger partial charge in [0.15, 0.2) is 0 Å². The van der Waals surface area contributed by atoms with Crippen molar-refractivity contribution < 1.29 is 14.3 Å². The van der Waals surface area contributed by atoms with Crippen LogP contribution in [0.3, 0.4) is 0 Å². The van der Waals surface area contributed by atoms with Crippen LogP contribution < -0.4 is 10.2 Å². The van der Waals surface area contributed by atoms with E-state index < -0.39 is 0 Å². The van der Waals surface area contributed by atoms with Crippen molar-refractivity contribution in [1.29, 1.82) is 0 Å². The van der Waals surface area contributed by atoms with E-state index >= 15 is 0 Å². The molecule has 8 heteroatoms. The highest BCUT2D eigenvalue weighted by molar-refractivity contribution is 5.98. The molecule has 2 amide bonds. The van der Waals surface area contributed by atoms with E-state index in [4.69, 9.17) is 9.84 Å². The molecule has 2 aromatic heterocycles. The first-order valence-electron chi connectivity index (χ1n) is 10.8. The summed E-state index contributed by atoms with van der Waals surface area (Å²) in [7, 11) is 3.67. The van der Waals surface area contributed by atoms with Crippen LogP contribution in [0.15, 0.2) is 36.5 Å². The smallest absolute Gasteiger partial charge is 0.229 e. The van der Waals surface area contributed by atoms with Crippen LogP contribution in [0, 0.1) is 0 Å². The molecule has 164 valence electrons. The number of amides is 2. The highest BCUT2D eigenvalue weighted by Crippen LogP contribution is 2.33. The highest BCUT2D eigenvalue weighted by atomic mass is 16.5. The normalized spacial score (nSPS) is 13.6. The topological polar surface area (TPSA) is 81.4 Å². The van der Waals surface area contributed by atoms with Gasteiger partial charge >= 0.3 is 0 Å². The van der Waals surface area contributed by atoms with Gasteiger partial charge in [0.25, 0.3) is 0 Å². The first-order chi connectivity index (χ1) is 15.1. The lowest BCUT2D eigenvalue weighted by molar-refractivity contribution is -0.122. The Morgan fingerprint density at radius 3 is 2.94 bits per heavy atom. The van der Waals surface area contributed by atoms with Crippen LogP contribution in [-0.4, -0.2) is 53.0 Å².